The molecule has 180 valence electrons. The Morgan fingerprint density at radius 2 is 1.85 bits per heavy atom. The Labute approximate surface area is 214 Å². The predicted molar refractivity (Wildman–Crippen MR) is 136 cm³/mol. The number of hydrogen-bond donors (Lipinski definition) is 1. The van der Waals surface area contributed by atoms with Crippen LogP contribution < -0.4 is 19.6 Å². The summed E-state index contributed by atoms with van der Waals surface area (Å²) >= 11 is 7.16. The Bertz CT molecular complexity index is 1170. The van der Waals surface area contributed by atoms with Gasteiger partial charge in [0.2, 0.25) is 12.5 Å². The predicted octanol–water partition coefficient (Wildman–Crippen LogP) is 5.46. The van der Waals surface area contributed by atoms with Crippen molar-refractivity contribution in [3.05, 3.63) is 49.9 Å². The minimum atomic E-state index is -0.554. The lowest BCUT2D eigenvalue weighted by atomic mass is 9.87. The first-order valence-electron chi connectivity index (χ1n) is 10.7. The summed E-state index contributed by atoms with van der Waals surface area (Å²) in [6.07, 6.45) is 1.04. The van der Waals surface area contributed by atoms with Gasteiger partial charge in [0.15, 0.2) is 23.3 Å². The molecule has 2 atom stereocenters. The fraction of sp³-hybridized carbons (Fsp3) is 0.375. The summed E-state index contributed by atoms with van der Waals surface area (Å²) in [7, 11) is 1.54. The van der Waals surface area contributed by atoms with Gasteiger partial charge in [-0.2, -0.15) is 5.10 Å². The maximum Gasteiger partial charge on any atom is 0.289 e. The molecule has 0 unspecified atom stereocenters. The lowest BCUT2D eigenvalue weighted by Crippen LogP contribution is -2.31. The summed E-state index contributed by atoms with van der Waals surface area (Å²) in [6, 6.07) is 8.04. The highest BCUT2D eigenvalue weighted by Crippen LogP contribution is 2.55. The monoisotopic (exact) mass is 593 g/mol. The summed E-state index contributed by atoms with van der Waals surface area (Å²) in [5.41, 5.74) is 5.67. The molecule has 0 bridgehead atoms. The standard InChI is InChI=1S/C24H25Br2N3O5/c1-12-18(23(30)28-27-10-13-6-8-14(9-7-13)24(2,3)4)29-34-19(12)15-16(25)20(31-5)22-21(17(15)26)32-11-33-22/h6-10,12,19H,11H2,1-5H3,(H,28,30)/b27-10-/t12-,19+/m1/s1. The van der Waals surface area contributed by atoms with E-state index in [1.54, 1.807) is 13.3 Å². The van der Waals surface area contributed by atoms with Crippen molar-refractivity contribution in [1.29, 1.82) is 0 Å². The summed E-state index contributed by atoms with van der Waals surface area (Å²) in [4.78, 5) is 18.4. The van der Waals surface area contributed by atoms with E-state index in [0.717, 1.165) is 5.56 Å². The van der Waals surface area contributed by atoms with Gasteiger partial charge in [0.25, 0.3) is 5.91 Å². The van der Waals surface area contributed by atoms with Crippen LogP contribution in [0.15, 0.2) is 43.5 Å². The van der Waals surface area contributed by atoms with Crippen molar-refractivity contribution in [1.82, 2.24) is 5.43 Å². The zero-order valence-electron chi connectivity index (χ0n) is 19.4. The fourth-order valence-corrected chi connectivity index (χ4v) is 5.51. The number of hydrazone groups is 1. The Morgan fingerprint density at radius 1 is 1.18 bits per heavy atom. The second-order valence-corrected chi connectivity index (χ2v) is 10.6. The molecule has 0 saturated heterocycles. The molecule has 10 heteroatoms. The number of rotatable bonds is 5. The van der Waals surface area contributed by atoms with Crippen molar-refractivity contribution in [3.63, 3.8) is 0 Å². The highest BCUT2D eigenvalue weighted by Gasteiger charge is 2.41. The van der Waals surface area contributed by atoms with Gasteiger partial charge in [-0.05, 0) is 48.4 Å². The first-order valence-corrected chi connectivity index (χ1v) is 12.2. The molecule has 0 saturated carbocycles. The molecule has 0 aromatic heterocycles. The van der Waals surface area contributed by atoms with Crippen LogP contribution in [0.4, 0.5) is 0 Å². The van der Waals surface area contributed by atoms with Gasteiger partial charge in [-0.1, -0.05) is 57.1 Å². The van der Waals surface area contributed by atoms with E-state index in [1.807, 2.05) is 19.1 Å². The molecule has 0 radical (unpaired) electrons. The van der Waals surface area contributed by atoms with Crippen LogP contribution in [0.2, 0.25) is 0 Å². The zero-order valence-corrected chi connectivity index (χ0v) is 22.6. The van der Waals surface area contributed by atoms with Crippen LogP contribution in [0.25, 0.3) is 0 Å². The smallest absolute Gasteiger partial charge is 0.289 e. The molecule has 0 spiro atoms. The van der Waals surface area contributed by atoms with E-state index in [-0.39, 0.29) is 23.8 Å². The zero-order chi connectivity index (χ0) is 24.6. The number of nitrogens with zero attached hydrogens (tertiary/aromatic N) is 2. The number of methoxy groups -OCH3 is 1. The second kappa shape index (κ2) is 9.58. The fourth-order valence-electron chi connectivity index (χ4n) is 3.76. The number of oxime groups is 1. The van der Waals surface area contributed by atoms with E-state index in [1.165, 1.54) is 5.56 Å². The average Bonchev–Trinajstić information content (AvgIpc) is 3.42. The summed E-state index contributed by atoms with van der Waals surface area (Å²) in [5, 5.41) is 8.13. The van der Waals surface area contributed by atoms with Crippen molar-refractivity contribution >= 4 is 49.7 Å². The molecule has 2 aliphatic rings. The van der Waals surface area contributed by atoms with Crippen LogP contribution >= 0.6 is 31.9 Å². The molecule has 1 N–H and O–H groups in total. The lowest BCUT2D eigenvalue weighted by molar-refractivity contribution is -0.115. The average molecular weight is 595 g/mol. The van der Waals surface area contributed by atoms with Crippen molar-refractivity contribution in [3.8, 4) is 17.2 Å². The number of hydrogen-bond acceptors (Lipinski definition) is 7. The van der Waals surface area contributed by atoms with Gasteiger partial charge in [0.1, 0.15) is 0 Å². The highest BCUT2D eigenvalue weighted by atomic mass is 79.9. The van der Waals surface area contributed by atoms with Crippen molar-refractivity contribution in [2.75, 3.05) is 13.9 Å². The number of amides is 1. The van der Waals surface area contributed by atoms with E-state index in [9.17, 15) is 4.79 Å². The number of nitrogens with one attached hydrogen (secondary N) is 1. The number of benzene rings is 2. The Morgan fingerprint density at radius 3 is 2.50 bits per heavy atom. The molecule has 2 aromatic carbocycles. The lowest BCUT2D eigenvalue weighted by Gasteiger charge is -2.20. The Kier molecular flexibility index (Phi) is 6.91. The van der Waals surface area contributed by atoms with Crippen LogP contribution in [-0.4, -0.2) is 31.7 Å². The minimum absolute atomic E-state index is 0.0726. The molecule has 4 rings (SSSR count). The van der Waals surface area contributed by atoms with Crippen LogP contribution in [0.5, 0.6) is 17.2 Å². The van der Waals surface area contributed by atoms with Crippen molar-refractivity contribution < 1.29 is 23.8 Å². The number of carbonyl (C=O) groups excluding carboxylic acids is 1. The maximum atomic E-state index is 12.8. The largest absolute Gasteiger partial charge is 0.492 e. The Hall–Kier alpha value is -2.59. The quantitative estimate of drug-likeness (QED) is 0.367. The third kappa shape index (κ3) is 4.53. The molecular weight excluding hydrogens is 570 g/mol. The normalized spacial score (nSPS) is 19.2. The van der Waals surface area contributed by atoms with Crippen LogP contribution in [0.3, 0.4) is 0 Å². The van der Waals surface area contributed by atoms with Crippen LogP contribution in [-0.2, 0) is 15.0 Å². The molecule has 0 fully saturated rings. The van der Waals surface area contributed by atoms with Gasteiger partial charge in [-0.25, -0.2) is 5.43 Å². The van der Waals surface area contributed by atoms with Crippen LogP contribution in [0, 0.1) is 5.92 Å². The van der Waals surface area contributed by atoms with E-state index in [2.05, 4.69) is 80.4 Å². The molecule has 2 heterocycles. The molecule has 8 nitrogen and oxygen atoms in total. The van der Waals surface area contributed by atoms with E-state index < -0.39 is 12.0 Å². The third-order valence-electron chi connectivity index (χ3n) is 5.72. The first-order chi connectivity index (χ1) is 16.1. The molecule has 34 heavy (non-hydrogen) atoms. The van der Waals surface area contributed by atoms with E-state index in [4.69, 9.17) is 19.0 Å². The third-order valence-corrected chi connectivity index (χ3v) is 7.29. The molecule has 0 aliphatic carbocycles. The Balaban J connectivity index is 1.47. The van der Waals surface area contributed by atoms with Gasteiger partial charge >= 0.3 is 0 Å². The summed E-state index contributed by atoms with van der Waals surface area (Å²) < 4.78 is 17.9. The summed E-state index contributed by atoms with van der Waals surface area (Å²) in [5.74, 6) is 0.711. The first kappa shape index (κ1) is 24.5. The van der Waals surface area contributed by atoms with Crippen molar-refractivity contribution in [2.45, 2.75) is 39.2 Å². The van der Waals surface area contributed by atoms with Gasteiger partial charge in [-0.15, -0.1) is 0 Å². The molecule has 1 amide bonds. The van der Waals surface area contributed by atoms with Crippen molar-refractivity contribution in [2.24, 2.45) is 16.2 Å². The van der Waals surface area contributed by atoms with Gasteiger partial charge in [0.05, 0.1) is 28.2 Å². The molecule has 2 aromatic rings. The number of halogens is 2. The molecular formula is C24H25Br2N3O5. The topological polar surface area (TPSA) is 90.7 Å². The number of ether oxygens (including phenoxy) is 3. The van der Waals surface area contributed by atoms with Gasteiger partial charge < -0.3 is 19.0 Å². The SMILES string of the molecule is COc1c(Br)c([C@H]2ON=C(C(=O)N/N=C\c3ccc(C(C)(C)C)cc3)[C@H]2C)c(Br)c2c1OCO2. The van der Waals surface area contributed by atoms with E-state index in [0.29, 0.717) is 31.8 Å². The van der Waals surface area contributed by atoms with E-state index >= 15 is 0 Å². The van der Waals surface area contributed by atoms with Gasteiger partial charge in [-0.3, -0.25) is 4.79 Å². The molecule has 2 aliphatic heterocycles. The minimum Gasteiger partial charge on any atom is -0.492 e. The highest BCUT2D eigenvalue weighted by molar-refractivity contribution is 9.11. The maximum absolute atomic E-state index is 12.8. The second-order valence-electron chi connectivity index (χ2n) is 9.00. The number of fused-ring (bicyclic) bond motifs is 1. The number of carbonyl (C=O) groups is 1. The summed E-state index contributed by atoms with van der Waals surface area (Å²) in [6.45, 7) is 8.42. The van der Waals surface area contributed by atoms with Crippen LogP contribution in [0.1, 0.15) is 50.5 Å². The van der Waals surface area contributed by atoms with Gasteiger partial charge in [0, 0.05) is 5.56 Å².